The van der Waals surface area contributed by atoms with Crippen molar-refractivity contribution in [2.45, 2.75) is 32.7 Å². The van der Waals surface area contributed by atoms with Crippen molar-refractivity contribution >= 4 is 11.3 Å². The van der Waals surface area contributed by atoms with Gasteiger partial charge in [-0.05, 0) is 38.3 Å². The molecule has 2 rings (SSSR count). The van der Waals surface area contributed by atoms with Crippen molar-refractivity contribution in [3.63, 3.8) is 0 Å². The van der Waals surface area contributed by atoms with Crippen molar-refractivity contribution in [3.8, 4) is 0 Å². The van der Waals surface area contributed by atoms with Crippen molar-refractivity contribution in [2.75, 3.05) is 13.2 Å². The molecule has 1 aliphatic rings. The third-order valence-corrected chi connectivity index (χ3v) is 4.57. The van der Waals surface area contributed by atoms with Crippen LogP contribution in [0.3, 0.4) is 0 Å². The average molecular weight is 240 g/mol. The van der Waals surface area contributed by atoms with E-state index in [-0.39, 0.29) is 6.04 Å². The van der Waals surface area contributed by atoms with Crippen molar-refractivity contribution in [1.29, 1.82) is 0 Å². The lowest BCUT2D eigenvalue weighted by Gasteiger charge is -2.29. The van der Waals surface area contributed by atoms with Crippen LogP contribution in [0.1, 0.15) is 34.2 Å². The smallest absolute Gasteiger partial charge is 0.0603 e. The first kappa shape index (κ1) is 12.0. The molecule has 0 spiro atoms. The first-order valence-electron chi connectivity index (χ1n) is 5.83. The summed E-state index contributed by atoms with van der Waals surface area (Å²) in [6.45, 7) is 6.04. The highest BCUT2D eigenvalue weighted by Gasteiger charge is 2.26. The van der Waals surface area contributed by atoms with Crippen LogP contribution in [0, 0.1) is 19.8 Å². The molecule has 0 aliphatic carbocycles. The lowest BCUT2D eigenvalue weighted by Crippen LogP contribution is -2.36. The summed E-state index contributed by atoms with van der Waals surface area (Å²) >= 11 is 1.84. The summed E-state index contributed by atoms with van der Waals surface area (Å²) in [4.78, 5) is 2.72. The van der Waals surface area contributed by atoms with E-state index in [1.807, 2.05) is 11.3 Å². The Morgan fingerprint density at radius 2 is 2.38 bits per heavy atom. The topological polar surface area (TPSA) is 47.3 Å². The Hall–Kier alpha value is -0.420. The van der Waals surface area contributed by atoms with Crippen molar-refractivity contribution < 1.29 is 4.74 Å². The third kappa shape index (κ3) is 2.46. The van der Waals surface area contributed by atoms with Crippen LogP contribution in [0.25, 0.3) is 0 Å². The SMILES string of the molecule is Cc1cc(C(NN)C2CCCOC2)sc1C. The number of hydrogen-bond donors (Lipinski definition) is 2. The standard InChI is InChI=1S/C12H20N2OS/c1-8-6-11(16-9(8)2)12(14-13)10-4-3-5-15-7-10/h6,10,12,14H,3-5,7,13H2,1-2H3. The molecule has 1 aliphatic heterocycles. The van der Waals surface area contributed by atoms with Gasteiger partial charge in [0.1, 0.15) is 0 Å². The third-order valence-electron chi connectivity index (χ3n) is 3.34. The van der Waals surface area contributed by atoms with Gasteiger partial charge in [0.05, 0.1) is 12.6 Å². The zero-order valence-corrected chi connectivity index (χ0v) is 10.8. The summed E-state index contributed by atoms with van der Waals surface area (Å²) in [5, 5.41) is 0. The van der Waals surface area contributed by atoms with E-state index in [4.69, 9.17) is 10.6 Å². The Kier molecular flexibility index (Phi) is 3.97. The minimum absolute atomic E-state index is 0.248. The highest BCUT2D eigenvalue weighted by Crippen LogP contribution is 2.33. The molecule has 0 aromatic carbocycles. The number of hydrazine groups is 1. The van der Waals surface area contributed by atoms with Crippen LogP contribution < -0.4 is 11.3 Å². The van der Waals surface area contributed by atoms with Gasteiger partial charge in [0.2, 0.25) is 0 Å². The average Bonchev–Trinajstić information content (AvgIpc) is 2.61. The Balaban J connectivity index is 2.14. The second kappa shape index (κ2) is 5.27. The van der Waals surface area contributed by atoms with Gasteiger partial charge in [0.15, 0.2) is 0 Å². The minimum atomic E-state index is 0.248. The summed E-state index contributed by atoms with van der Waals surface area (Å²) in [7, 11) is 0. The quantitative estimate of drug-likeness (QED) is 0.629. The molecule has 90 valence electrons. The molecule has 0 saturated carbocycles. The van der Waals surface area contributed by atoms with E-state index in [1.54, 1.807) is 0 Å². The van der Waals surface area contributed by atoms with Crippen LogP contribution in [-0.4, -0.2) is 13.2 Å². The normalized spacial score (nSPS) is 23.3. The lowest BCUT2D eigenvalue weighted by atomic mass is 9.93. The molecule has 2 unspecified atom stereocenters. The summed E-state index contributed by atoms with van der Waals surface area (Å²) in [6, 6.07) is 2.50. The molecule has 1 aromatic rings. The number of nitrogens with one attached hydrogen (secondary N) is 1. The van der Waals surface area contributed by atoms with Gasteiger partial charge in [-0.1, -0.05) is 0 Å². The van der Waals surface area contributed by atoms with E-state index in [1.165, 1.54) is 21.7 Å². The fourth-order valence-electron chi connectivity index (χ4n) is 2.23. The van der Waals surface area contributed by atoms with Gasteiger partial charge in [-0.15, -0.1) is 11.3 Å². The van der Waals surface area contributed by atoms with Gasteiger partial charge < -0.3 is 4.74 Å². The van der Waals surface area contributed by atoms with Crippen molar-refractivity contribution in [2.24, 2.45) is 11.8 Å². The second-order valence-corrected chi connectivity index (χ2v) is 5.80. The Labute approximate surface area is 101 Å². The lowest BCUT2D eigenvalue weighted by molar-refractivity contribution is 0.0395. The van der Waals surface area contributed by atoms with E-state index < -0.39 is 0 Å². The van der Waals surface area contributed by atoms with Gasteiger partial charge >= 0.3 is 0 Å². The monoisotopic (exact) mass is 240 g/mol. The maximum absolute atomic E-state index is 5.70. The van der Waals surface area contributed by atoms with Crippen LogP contribution in [0.2, 0.25) is 0 Å². The molecule has 16 heavy (non-hydrogen) atoms. The van der Waals surface area contributed by atoms with Gasteiger partial charge in [-0.2, -0.15) is 0 Å². The van der Waals surface area contributed by atoms with E-state index in [9.17, 15) is 0 Å². The molecule has 1 aromatic heterocycles. The number of nitrogens with two attached hydrogens (primary N) is 1. The molecule has 1 fully saturated rings. The van der Waals surface area contributed by atoms with Crippen LogP contribution in [0.15, 0.2) is 6.07 Å². The van der Waals surface area contributed by atoms with E-state index in [0.717, 1.165) is 19.6 Å². The Morgan fingerprint density at radius 3 is 2.88 bits per heavy atom. The predicted octanol–water partition coefficient (Wildman–Crippen LogP) is 2.30. The first-order valence-corrected chi connectivity index (χ1v) is 6.65. The van der Waals surface area contributed by atoms with Gasteiger partial charge in [-0.25, -0.2) is 0 Å². The summed E-state index contributed by atoms with van der Waals surface area (Å²) in [6.07, 6.45) is 2.34. The summed E-state index contributed by atoms with van der Waals surface area (Å²) in [5.74, 6) is 6.21. The van der Waals surface area contributed by atoms with E-state index >= 15 is 0 Å². The van der Waals surface area contributed by atoms with Gasteiger partial charge in [0.25, 0.3) is 0 Å². The second-order valence-electron chi connectivity index (χ2n) is 4.51. The van der Waals surface area contributed by atoms with E-state index in [0.29, 0.717) is 5.92 Å². The van der Waals surface area contributed by atoms with Crippen LogP contribution in [0.4, 0.5) is 0 Å². The predicted molar refractivity (Wildman–Crippen MR) is 67.4 cm³/mol. The van der Waals surface area contributed by atoms with E-state index in [2.05, 4.69) is 25.3 Å². The zero-order chi connectivity index (χ0) is 11.5. The number of aryl methyl sites for hydroxylation is 2. The Morgan fingerprint density at radius 1 is 1.56 bits per heavy atom. The molecule has 1 saturated heterocycles. The fourth-order valence-corrected chi connectivity index (χ4v) is 3.43. The van der Waals surface area contributed by atoms with Crippen LogP contribution in [0.5, 0.6) is 0 Å². The number of thiophene rings is 1. The number of rotatable bonds is 3. The number of ether oxygens (including phenoxy) is 1. The molecule has 0 radical (unpaired) electrons. The maximum Gasteiger partial charge on any atom is 0.0603 e. The molecular weight excluding hydrogens is 220 g/mol. The molecule has 3 nitrogen and oxygen atoms in total. The molecule has 2 heterocycles. The van der Waals surface area contributed by atoms with Crippen molar-refractivity contribution in [3.05, 3.63) is 21.4 Å². The molecule has 3 N–H and O–H groups in total. The Bertz CT molecular complexity index is 325. The molecule has 2 atom stereocenters. The first-order chi connectivity index (χ1) is 7.72. The molecule has 0 bridgehead atoms. The fraction of sp³-hybridized carbons (Fsp3) is 0.667. The van der Waals surface area contributed by atoms with Crippen LogP contribution >= 0.6 is 11.3 Å². The highest BCUT2D eigenvalue weighted by atomic mass is 32.1. The zero-order valence-electron chi connectivity index (χ0n) is 9.95. The molecule has 0 amide bonds. The van der Waals surface area contributed by atoms with Crippen molar-refractivity contribution in [1.82, 2.24) is 5.43 Å². The molecular formula is C12H20N2OS. The van der Waals surface area contributed by atoms with Crippen LogP contribution in [-0.2, 0) is 4.74 Å². The largest absolute Gasteiger partial charge is 0.381 e. The minimum Gasteiger partial charge on any atom is -0.381 e. The van der Waals surface area contributed by atoms with Gasteiger partial charge in [-0.3, -0.25) is 11.3 Å². The highest BCUT2D eigenvalue weighted by molar-refractivity contribution is 7.12. The van der Waals surface area contributed by atoms with Gasteiger partial charge in [0, 0.05) is 22.3 Å². The molecule has 4 heteroatoms. The maximum atomic E-state index is 5.70. The number of hydrogen-bond acceptors (Lipinski definition) is 4. The summed E-state index contributed by atoms with van der Waals surface area (Å²) in [5.41, 5.74) is 4.32. The summed E-state index contributed by atoms with van der Waals surface area (Å²) < 4.78 is 5.53.